The number of para-hydroxylation sites is 1. The Hall–Kier alpha value is -3.52. The van der Waals surface area contributed by atoms with E-state index in [9.17, 15) is 13.2 Å². The largest absolute Gasteiger partial charge is 0.321 e. The van der Waals surface area contributed by atoms with Crippen LogP contribution in [0.1, 0.15) is 39.6 Å². The van der Waals surface area contributed by atoms with Crippen LogP contribution >= 0.6 is 0 Å². The summed E-state index contributed by atoms with van der Waals surface area (Å²) in [7, 11) is -3.11. The summed E-state index contributed by atoms with van der Waals surface area (Å²) < 4.78 is 26.0. The number of aromatic nitrogens is 3. The first-order valence-electron chi connectivity index (χ1n) is 11.3. The van der Waals surface area contributed by atoms with Gasteiger partial charge in [-0.25, -0.2) is 18.1 Å². The molecule has 0 saturated carbocycles. The molecule has 5 rings (SSSR count). The summed E-state index contributed by atoms with van der Waals surface area (Å²) in [5.41, 5.74) is 5.90. The zero-order chi connectivity index (χ0) is 24.0. The molecule has 3 heterocycles. The standard InChI is InChI=1S/C26H26N4O3S/c1-16-8-7-9-17(2)24(16)28-26(31)21-14-22(19-10-5-4-6-11-19)27-25-23(21)18(3)29-30(25)20-12-13-34(32,33)15-20/h4-11,14,20H,12-13,15H2,1-3H3,(H,28,31). The maximum Gasteiger partial charge on any atom is 0.256 e. The summed E-state index contributed by atoms with van der Waals surface area (Å²) in [6.45, 7) is 5.76. The second-order valence-corrected chi connectivity index (χ2v) is 11.2. The van der Waals surface area contributed by atoms with E-state index in [0.29, 0.717) is 34.4 Å². The second kappa shape index (κ2) is 8.36. The van der Waals surface area contributed by atoms with Crippen LogP contribution in [-0.4, -0.2) is 40.6 Å². The number of amides is 1. The number of fused-ring (bicyclic) bond motifs is 1. The van der Waals surface area contributed by atoms with E-state index >= 15 is 0 Å². The minimum Gasteiger partial charge on any atom is -0.321 e. The fraction of sp³-hybridized carbons (Fsp3) is 0.269. The molecule has 4 aromatic rings. The minimum atomic E-state index is -3.11. The predicted octanol–water partition coefficient (Wildman–Crippen LogP) is 4.64. The van der Waals surface area contributed by atoms with Crippen LogP contribution in [0.3, 0.4) is 0 Å². The van der Waals surface area contributed by atoms with Gasteiger partial charge >= 0.3 is 0 Å². The van der Waals surface area contributed by atoms with Crippen molar-refractivity contribution in [1.82, 2.24) is 14.8 Å². The Bertz CT molecular complexity index is 1500. The predicted molar refractivity (Wildman–Crippen MR) is 134 cm³/mol. The zero-order valence-corrected chi connectivity index (χ0v) is 20.2. The van der Waals surface area contributed by atoms with Crippen molar-refractivity contribution >= 4 is 32.5 Å². The number of hydrogen-bond donors (Lipinski definition) is 1. The van der Waals surface area contributed by atoms with E-state index in [2.05, 4.69) is 10.4 Å². The topological polar surface area (TPSA) is 93.9 Å². The number of nitrogens with one attached hydrogen (secondary N) is 1. The number of carbonyl (C=O) groups excluding carboxylic acids is 1. The van der Waals surface area contributed by atoms with Crippen molar-refractivity contribution in [3.8, 4) is 11.3 Å². The summed E-state index contributed by atoms with van der Waals surface area (Å²) in [6.07, 6.45) is 0.486. The molecule has 0 bridgehead atoms. The third kappa shape index (κ3) is 3.98. The van der Waals surface area contributed by atoms with Crippen LogP contribution in [0.5, 0.6) is 0 Å². The molecule has 1 aliphatic heterocycles. The van der Waals surface area contributed by atoms with Crippen molar-refractivity contribution in [3.63, 3.8) is 0 Å². The molecule has 1 saturated heterocycles. The van der Waals surface area contributed by atoms with Gasteiger partial charge in [0.2, 0.25) is 0 Å². The lowest BCUT2D eigenvalue weighted by Gasteiger charge is -2.14. The molecule has 8 heteroatoms. The number of nitrogens with zero attached hydrogens (tertiary/aromatic N) is 3. The molecule has 0 aliphatic carbocycles. The highest BCUT2D eigenvalue weighted by molar-refractivity contribution is 7.91. The molecule has 0 spiro atoms. The number of aryl methyl sites for hydroxylation is 3. The Morgan fingerprint density at radius 3 is 2.38 bits per heavy atom. The first-order valence-corrected chi connectivity index (χ1v) is 13.1. The van der Waals surface area contributed by atoms with Crippen LogP contribution in [0.25, 0.3) is 22.3 Å². The van der Waals surface area contributed by atoms with Gasteiger partial charge in [-0.1, -0.05) is 48.5 Å². The quantitative estimate of drug-likeness (QED) is 0.465. The van der Waals surface area contributed by atoms with Gasteiger partial charge in [0.25, 0.3) is 5.91 Å². The van der Waals surface area contributed by atoms with E-state index in [1.54, 1.807) is 10.7 Å². The fourth-order valence-corrected chi connectivity index (χ4v) is 6.36. The van der Waals surface area contributed by atoms with Gasteiger partial charge in [0.1, 0.15) is 0 Å². The number of rotatable bonds is 4. The van der Waals surface area contributed by atoms with Crippen LogP contribution in [-0.2, 0) is 9.84 Å². The summed E-state index contributed by atoms with van der Waals surface area (Å²) in [6, 6.07) is 17.0. The van der Waals surface area contributed by atoms with Crippen LogP contribution < -0.4 is 5.32 Å². The highest BCUT2D eigenvalue weighted by atomic mass is 32.2. The molecular weight excluding hydrogens is 448 g/mol. The monoisotopic (exact) mass is 474 g/mol. The lowest BCUT2D eigenvalue weighted by Crippen LogP contribution is -2.16. The van der Waals surface area contributed by atoms with Crippen molar-refractivity contribution in [2.24, 2.45) is 0 Å². The number of sulfone groups is 1. The smallest absolute Gasteiger partial charge is 0.256 e. The van der Waals surface area contributed by atoms with Gasteiger partial charge in [-0.05, 0) is 44.4 Å². The molecule has 1 amide bonds. The van der Waals surface area contributed by atoms with Gasteiger partial charge < -0.3 is 5.32 Å². The Balaban J connectivity index is 1.69. The van der Waals surface area contributed by atoms with Crippen molar-refractivity contribution in [1.29, 1.82) is 0 Å². The van der Waals surface area contributed by atoms with E-state index in [0.717, 1.165) is 22.4 Å². The molecule has 0 radical (unpaired) electrons. The van der Waals surface area contributed by atoms with Crippen molar-refractivity contribution in [3.05, 3.63) is 77.0 Å². The number of anilines is 1. The van der Waals surface area contributed by atoms with E-state index in [4.69, 9.17) is 4.98 Å². The van der Waals surface area contributed by atoms with Crippen molar-refractivity contribution in [2.75, 3.05) is 16.8 Å². The summed E-state index contributed by atoms with van der Waals surface area (Å²) in [4.78, 5) is 18.5. The van der Waals surface area contributed by atoms with Gasteiger partial charge in [-0.15, -0.1) is 0 Å². The summed E-state index contributed by atoms with van der Waals surface area (Å²) >= 11 is 0. The molecule has 174 valence electrons. The van der Waals surface area contributed by atoms with Crippen molar-refractivity contribution < 1.29 is 13.2 Å². The lowest BCUT2D eigenvalue weighted by molar-refractivity contribution is 0.102. The van der Waals surface area contributed by atoms with Crippen LogP contribution in [0, 0.1) is 20.8 Å². The average molecular weight is 475 g/mol. The van der Waals surface area contributed by atoms with E-state index in [-0.39, 0.29) is 23.5 Å². The summed E-state index contributed by atoms with van der Waals surface area (Å²) in [5, 5.41) is 8.40. The molecular formula is C26H26N4O3S. The third-order valence-electron chi connectivity index (χ3n) is 6.43. The molecule has 1 atom stereocenters. The molecule has 1 aliphatic rings. The van der Waals surface area contributed by atoms with E-state index in [1.807, 2.05) is 69.3 Å². The molecule has 1 fully saturated rings. The maximum absolute atomic E-state index is 13.6. The zero-order valence-electron chi connectivity index (χ0n) is 19.4. The van der Waals surface area contributed by atoms with Crippen molar-refractivity contribution in [2.45, 2.75) is 33.2 Å². The SMILES string of the molecule is Cc1cccc(C)c1NC(=O)c1cc(-c2ccccc2)nc2c1c(C)nn2C1CCS(=O)(=O)C1. The number of carbonyl (C=O) groups is 1. The molecule has 2 aromatic carbocycles. The Kier molecular flexibility index (Phi) is 5.48. The summed E-state index contributed by atoms with van der Waals surface area (Å²) in [5.74, 6) is -0.0792. The molecule has 34 heavy (non-hydrogen) atoms. The van der Waals surface area contributed by atoms with Crippen LogP contribution in [0.15, 0.2) is 54.6 Å². The van der Waals surface area contributed by atoms with Gasteiger partial charge in [0.15, 0.2) is 15.5 Å². The van der Waals surface area contributed by atoms with Gasteiger partial charge in [0.05, 0.1) is 39.9 Å². The normalized spacial score (nSPS) is 17.2. The Morgan fingerprint density at radius 1 is 1.03 bits per heavy atom. The van der Waals surface area contributed by atoms with E-state index in [1.165, 1.54) is 0 Å². The molecule has 1 N–H and O–H groups in total. The van der Waals surface area contributed by atoms with Crippen LogP contribution in [0.4, 0.5) is 5.69 Å². The minimum absolute atomic E-state index is 0.0321. The van der Waals surface area contributed by atoms with Gasteiger partial charge in [0, 0.05) is 11.3 Å². The van der Waals surface area contributed by atoms with Gasteiger partial charge in [-0.3, -0.25) is 4.79 Å². The highest BCUT2D eigenvalue weighted by Crippen LogP contribution is 2.32. The third-order valence-corrected chi connectivity index (χ3v) is 8.18. The fourth-order valence-electron chi connectivity index (χ4n) is 4.66. The molecule has 1 unspecified atom stereocenters. The molecule has 7 nitrogen and oxygen atoms in total. The van der Waals surface area contributed by atoms with E-state index < -0.39 is 9.84 Å². The first kappa shape index (κ1) is 22.3. The first-order chi connectivity index (χ1) is 16.2. The Labute approximate surface area is 198 Å². The highest BCUT2D eigenvalue weighted by Gasteiger charge is 2.32. The van der Waals surface area contributed by atoms with Gasteiger partial charge in [-0.2, -0.15) is 5.10 Å². The lowest BCUT2D eigenvalue weighted by atomic mass is 10.0. The number of benzene rings is 2. The molecule has 2 aromatic heterocycles. The second-order valence-electron chi connectivity index (χ2n) is 8.93. The maximum atomic E-state index is 13.6. The van der Waals surface area contributed by atoms with Crippen LogP contribution in [0.2, 0.25) is 0 Å². The Morgan fingerprint density at radius 2 is 1.74 bits per heavy atom. The average Bonchev–Trinajstić information content (AvgIpc) is 3.35. The number of pyridine rings is 1. The number of hydrogen-bond acceptors (Lipinski definition) is 5.